The van der Waals surface area contributed by atoms with Crippen molar-refractivity contribution in [1.82, 2.24) is 5.32 Å². The van der Waals surface area contributed by atoms with Gasteiger partial charge in [-0.2, -0.15) is 0 Å². The van der Waals surface area contributed by atoms with Crippen LogP contribution in [-0.2, 0) is 16.0 Å². The van der Waals surface area contributed by atoms with Gasteiger partial charge in [0, 0.05) is 12.3 Å². The highest BCUT2D eigenvalue weighted by atomic mass is 16.4. The molecule has 0 aliphatic heterocycles. The van der Waals surface area contributed by atoms with Gasteiger partial charge in [-0.05, 0) is 30.0 Å². The highest BCUT2D eigenvalue weighted by molar-refractivity contribution is 5.86. The lowest BCUT2D eigenvalue weighted by molar-refractivity contribution is -0.142. The fraction of sp³-hybridized carbons (Fsp3) is 0.429. The zero-order valence-electron chi connectivity index (χ0n) is 10.7. The zero-order chi connectivity index (χ0) is 14.0. The van der Waals surface area contributed by atoms with Gasteiger partial charge in [-0.15, -0.1) is 0 Å². The van der Waals surface area contributed by atoms with E-state index < -0.39 is 12.0 Å². The molecule has 5 heteroatoms. The van der Waals surface area contributed by atoms with E-state index in [4.69, 9.17) is 10.2 Å². The Balaban J connectivity index is 1.98. The van der Waals surface area contributed by atoms with Crippen molar-refractivity contribution in [2.75, 3.05) is 0 Å². The second kappa shape index (κ2) is 5.30. The lowest BCUT2D eigenvalue weighted by atomic mass is 10.1. The average Bonchev–Trinajstić information content (AvgIpc) is 3.08. The first kappa shape index (κ1) is 13.4. The van der Waals surface area contributed by atoms with Crippen molar-refractivity contribution >= 4 is 11.9 Å². The lowest BCUT2D eigenvalue weighted by Gasteiger charge is -2.14. The number of carbonyl (C=O) groups excluding carboxylic acids is 1. The van der Waals surface area contributed by atoms with Crippen molar-refractivity contribution in [3.05, 3.63) is 29.8 Å². The van der Waals surface area contributed by atoms with E-state index in [1.807, 2.05) is 6.92 Å². The summed E-state index contributed by atoms with van der Waals surface area (Å²) < 4.78 is 0. The van der Waals surface area contributed by atoms with Crippen molar-refractivity contribution in [2.24, 2.45) is 11.8 Å². The summed E-state index contributed by atoms with van der Waals surface area (Å²) in [6.07, 6.45) is 1.04. The summed E-state index contributed by atoms with van der Waals surface area (Å²) in [5.41, 5.74) is 0.759. The Bertz CT molecular complexity index is 483. The molecule has 1 saturated carbocycles. The first-order valence-electron chi connectivity index (χ1n) is 6.28. The molecule has 1 aliphatic carbocycles. The van der Waals surface area contributed by atoms with Crippen molar-refractivity contribution in [1.29, 1.82) is 0 Å². The zero-order valence-corrected chi connectivity index (χ0v) is 10.7. The van der Waals surface area contributed by atoms with Crippen LogP contribution in [0.15, 0.2) is 24.3 Å². The second-order valence-corrected chi connectivity index (χ2v) is 5.09. The normalized spacial score (nSPS) is 22.6. The molecule has 0 spiro atoms. The van der Waals surface area contributed by atoms with Crippen LogP contribution in [0.25, 0.3) is 0 Å². The van der Waals surface area contributed by atoms with Gasteiger partial charge in [0.25, 0.3) is 0 Å². The maximum Gasteiger partial charge on any atom is 0.326 e. The summed E-state index contributed by atoms with van der Waals surface area (Å²) in [4.78, 5) is 22.9. The van der Waals surface area contributed by atoms with Crippen molar-refractivity contribution < 1.29 is 19.8 Å². The van der Waals surface area contributed by atoms with Gasteiger partial charge in [0.2, 0.25) is 5.91 Å². The van der Waals surface area contributed by atoms with Crippen LogP contribution in [-0.4, -0.2) is 28.1 Å². The number of amides is 1. The Hall–Kier alpha value is -2.04. The Labute approximate surface area is 111 Å². The smallest absolute Gasteiger partial charge is 0.326 e. The number of carboxylic acids is 1. The van der Waals surface area contributed by atoms with Crippen LogP contribution < -0.4 is 5.32 Å². The molecule has 102 valence electrons. The van der Waals surface area contributed by atoms with Gasteiger partial charge in [-0.25, -0.2) is 4.79 Å². The second-order valence-electron chi connectivity index (χ2n) is 5.09. The van der Waals surface area contributed by atoms with Crippen molar-refractivity contribution in [3.8, 4) is 5.75 Å². The van der Waals surface area contributed by atoms with Gasteiger partial charge < -0.3 is 15.5 Å². The van der Waals surface area contributed by atoms with E-state index >= 15 is 0 Å². The number of aromatic hydroxyl groups is 1. The number of carbonyl (C=O) groups is 2. The quantitative estimate of drug-likeness (QED) is 0.744. The molecule has 2 rings (SSSR count). The molecule has 0 radical (unpaired) electrons. The summed E-state index contributed by atoms with van der Waals surface area (Å²) in [6, 6.07) is 5.37. The Morgan fingerprint density at radius 3 is 2.42 bits per heavy atom. The van der Waals surface area contributed by atoms with Gasteiger partial charge >= 0.3 is 5.97 Å². The minimum absolute atomic E-state index is 0.0401. The number of nitrogens with one attached hydrogen (secondary N) is 1. The number of phenolic OH excluding ortho intramolecular Hbond substituents is 1. The minimum Gasteiger partial charge on any atom is -0.508 e. The number of carboxylic acid groups (broad SMARTS) is 1. The van der Waals surface area contributed by atoms with Gasteiger partial charge in [0.05, 0.1) is 0 Å². The fourth-order valence-corrected chi connectivity index (χ4v) is 2.03. The van der Waals surface area contributed by atoms with Crippen molar-refractivity contribution in [2.45, 2.75) is 25.8 Å². The lowest BCUT2D eigenvalue weighted by Crippen LogP contribution is -2.43. The average molecular weight is 263 g/mol. The van der Waals surface area contributed by atoms with Crippen LogP contribution >= 0.6 is 0 Å². The molecule has 1 aromatic carbocycles. The number of benzene rings is 1. The molecule has 0 heterocycles. The largest absolute Gasteiger partial charge is 0.508 e. The van der Waals surface area contributed by atoms with E-state index in [0.29, 0.717) is 5.92 Å². The molecule has 19 heavy (non-hydrogen) atoms. The molecule has 0 saturated heterocycles. The highest BCUT2D eigenvalue weighted by Crippen LogP contribution is 2.37. The van der Waals surface area contributed by atoms with Gasteiger partial charge in [0.1, 0.15) is 11.8 Å². The topological polar surface area (TPSA) is 86.6 Å². The molecule has 0 aromatic heterocycles. The van der Waals surface area contributed by atoms with Gasteiger partial charge in [-0.1, -0.05) is 19.1 Å². The Morgan fingerprint density at radius 2 is 1.95 bits per heavy atom. The van der Waals surface area contributed by atoms with Crippen LogP contribution in [0, 0.1) is 11.8 Å². The molecular formula is C14H17NO4. The fourth-order valence-electron chi connectivity index (χ4n) is 2.03. The van der Waals surface area contributed by atoms with E-state index in [-0.39, 0.29) is 24.0 Å². The van der Waals surface area contributed by atoms with E-state index in [9.17, 15) is 9.59 Å². The summed E-state index contributed by atoms with van der Waals surface area (Å²) in [5, 5.41) is 20.9. The SMILES string of the molecule is CC1CC1C(=O)N[C@H](Cc1ccc(O)cc1)C(=O)O. The molecular weight excluding hydrogens is 246 g/mol. The molecule has 3 N–H and O–H groups in total. The summed E-state index contributed by atoms with van der Waals surface area (Å²) in [6.45, 7) is 1.97. The van der Waals surface area contributed by atoms with Crippen LogP contribution in [0.2, 0.25) is 0 Å². The van der Waals surface area contributed by atoms with E-state index in [0.717, 1.165) is 12.0 Å². The minimum atomic E-state index is -1.05. The molecule has 2 unspecified atom stereocenters. The highest BCUT2D eigenvalue weighted by Gasteiger charge is 2.40. The third-order valence-electron chi connectivity index (χ3n) is 3.44. The van der Waals surface area contributed by atoms with E-state index in [1.165, 1.54) is 12.1 Å². The third kappa shape index (κ3) is 3.47. The third-order valence-corrected chi connectivity index (χ3v) is 3.44. The molecule has 5 nitrogen and oxygen atoms in total. The number of rotatable bonds is 5. The van der Waals surface area contributed by atoms with E-state index in [1.54, 1.807) is 12.1 Å². The Morgan fingerprint density at radius 1 is 1.37 bits per heavy atom. The van der Waals surface area contributed by atoms with Gasteiger partial charge in [0.15, 0.2) is 0 Å². The molecule has 3 atom stereocenters. The van der Waals surface area contributed by atoms with E-state index in [2.05, 4.69) is 5.32 Å². The standard InChI is InChI=1S/C14H17NO4/c1-8-6-11(8)13(17)15-12(14(18)19)7-9-2-4-10(16)5-3-9/h2-5,8,11-12,16H,6-7H2,1H3,(H,15,17)(H,18,19)/t8?,11?,12-/m1/s1. The predicted octanol–water partition coefficient (Wildman–Crippen LogP) is 1.16. The summed E-state index contributed by atoms with van der Waals surface area (Å²) in [7, 11) is 0. The van der Waals surface area contributed by atoms with Crippen LogP contribution in [0.3, 0.4) is 0 Å². The number of aliphatic carboxylic acids is 1. The maximum absolute atomic E-state index is 11.8. The Kier molecular flexibility index (Phi) is 3.74. The first-order chi connectivity index (χ1) is 8.97. The predicted molar refractivity (Wildman–Crippen MR) is 68.6 cm³/mol. The summed E-state index contributed by atoms with van der Waals surface area (Å²) in [5.74, 6) is -0.787. The van der Waals surface area contributed by atoms with Crippen molar-refractivity contribution in [3.63, 3.8) is 0 Å². The van der Waals surface area contributed by atoms with Crippen LogP contribution in [0.5, 0.6) is 5.75 Å². The number of hydrogen-bond acceptors (Lipinski definition) is 3. The van der Waals surface area contributed by atoms with Gasteiger partial charge in [-0.3, -0.25) is 4.79 Å². The molecule has 1 aliphatic rings. The monoisotopic (exact) mass is 263 g/mol. The molecule has 0 bridgehead atoms. The molecule has 1 amide bonds. The molecule has 1 aromatic rings. The van der Waals surface area contributed by atoms with Crippen LogP contribution in [0.4, 0.5) is 0 Å². The number of phenols is 1. The molecule has 1 fully saturated rings. The summed E-state index contributed by atoms with van der Waals surface area (Å²) >= 11 is 0. The maximum atomic E-state index is 11.8. The first-order valence-corrected chi connectivity index (χ1v) is 6.28. The van der Waals surface area contributed by atoms with Crippen LogP contribution in [0.1, 0.15) is 18.9 Å². The number of hydrogen-bond donors (Lipinski definition) is 3.